The average Bonchev–Trinajstić information content (AvgIpc) is 2.65. The van der Waals surface area contributed by atoms with Gasteiger partial charge >= 0.3 is 0 Å². The molecule has 0 saturated carbocycles. The zero-order chi connectivity index (χ0) is 19.4. The molecule has 8 heteroatoms. The SMILES string of the molecule is O=C1NC(=S)N(Cc2ccccc2)C(=O)C1C(=S)NCc1ccc(Cl)cc1. The van der Waals surface area contributed by atoms with Gasteiger partial charge in [-0.05, 0) is 35.5 Å². The maximum absolute atomic E-state index is 12.9. The van der Waals surface area contributed by atoms with Gasteiger partial charge in [-0.1, -0.05) is 66.3 Å². The lowest BCUT2D eigenvalue weighted by atomic mass is 10.0. The summed E-state index contributed by atoms with van der Waals surface area (Å²) >= 11 is 16.4. The first-order valence-electron chi connectivity index (χ1n) is 8.18. The first-order valence-corrected chi connectivity index (χ1v) is 9.37. The van der Waals surface area contributed by atoms with Crippen molar-refractivity contribution in [3.05, 3.63) is 70.7 Å². The van der Waals surface area contributed by atoms with Crippen molar-refractivity contribution in [1.29, 1.82) is 0 Å². The van der Waals surface area contributed by atoms with E-state index in [1.807, 2.05) is 42.5 Å². The van der Waals surface area contributed by atoms with E-state index in [0.717, 1.165) is 11.1 Å². The Morgan fingerprint density at radius 3 is 2.41 bits per heavy atom. The molecule has 0 spiro atoms. The zero-order valence-electron chi connectivity index (χ0n) is 14.1. The van der Waals surface area contributed by atoms with Crippen LogP contribution in [-0.4, -0.2) is 26.8 Å². The lowest BCUT2D eigenvalue weighted by Gasteiger charge is -2.32. The minimum atomic E-state index is -1.11. The predicted octanol–water partition coefficient (Wildman–Crippen LogP) is 2.82. The molecule has 0 radical (unpaired) electrons. The van der Waals surface area contributed by atoms with Crippen molar-refractivity contribution in [1.82, 2.24) is 15.5 Å². The molecule has 27 heavy (non-hydrogen) atoms. The summed E-state index contributed by atoms with van der Waals surface area (Å²) in [5.74, 6) is -2.05. The molecule has 2 N–H and O–H groups in total. The zero-order valence-corrected chi connectivity index (χ0v) is 16.5. The molecule has 1 heterocycles. The molecule has 3 rings (SSSR count). The number of nitrogens with one attached hydrogen (secondary N) is 2. The number of carbonyl (C=O) groups excluding carboxylic acids is 2. The molecule has 2 aromatic carbocycles. The Labute approximate surface area is 172 Å². The highest BCUT2D eigenvalue weighted by Crippen LogP contribution is 2.16. The molecule has 2 aromatic rings. The van der Waals surface area contributed by atoms with Crippen LogP contribution in [0.4, 0.5) is 0 Å². The molecule has 0 aromatic heterocycles. The van der Waals surface area contributed by atoms with Crippen molar-refractivity contribution in [2.45, 2.75) is 13.1 Å². The first kappa shape index (κ1) is 19.4. The molecule has 0 bridgehead atoms. The van der Waals surface area contributed by atoms with Crippen molar-refractivity contribution in [3.63, 3.8) is 0 Å². The van der Waals surface area contributed by atoms with Crippen LogP contribution in [0.25, 0.3) is 0 Å². The average molecular weight is 418 g/mol. The molecule has 2 amide bonds. The van der Waals surface area contributed by atoms with Crippen LogP contribution in [0.2, 0.25) is 5.02 Å². The number of carbonyl (C=O) groups is 2. The maximum atomic E-state index is 12.9. The Morgan fingerprint density at radius 2 is 1.74 bits per heavy atom. The Hall–Kier alpha value is -2.35. The second kappa shape index (κ2) is 8.56. The fraction of sp³-hybridized carbons (Fsp3) is 0.158. The second-order valence-corrected chi connectivity index (χ2v) is 7.24. The van der Waals surface area contributed by atoms with Gasteiger partial charge in [-0.25, -0.2) is 0 Å². The van der Waals surface area contributed by atoms with Crippen molar-refractivity contribution in [3.8, 4) is 0 Å². The first-order chi connectivity index (χ1) is 13.0. The highest BCUT2D eigenvalue weighted by atomic mass is 35.5. The summed E-state index contributed by atoms with van der Waals surface area (Å²) in [5, 5.41) is 6.28. The van der Waals surface area contributed by atoms with Gasteiger partial charge in [-0.3, -0.25) is 14.5 Å². The smallest absolute Gasteiger partial charge is 0.248 e. The van der Waals surface area contributed by atoms with Crippen LogP contribution in [0.5, 0.6) is 0 Å². The predicted molar refractivity (Wildman–Crippen MR) is 112 cm³/mol. The lowest BCUT2D eigenvalue weighted by Crippen LogP contribution is -2.60. The number of hydrogen-bond acceptors (Lipinski definition) is 4. The summed E-state index contributed by atoms with van der Waals surface area (Å²) in [6.45, 7) is 0.658. The number of rotatable bonds is 5. The topological polar surface area (TPSA) is 61.4 Å². The molecule has 0 aliphatic carbocycles. The minimum Gasteiger partial charge on any atom is -0.374 e. The van der Waals surface area contributed by atoms with Gasteiger partial charge in [0.1, 0.15) is 0 Å². The monoisotopic (exact) mass is 417 g/mol. The van der Waals surface area contributed by atoms with Crippen LogP contribution in [0.15, 0.2) is 54.6 Å². The van der Waals surface area contributed by atoms with Gasteiger partial charge in [0.2, 0.25) is 11.8 Å². The largest absolute Gasteiger partial charge is 0.374 e. The van der Waals surface area contributed by atoms with Crippen LogP contribution < -0.4 is 10.6 Å². The van der Waals surface area contributed by atoms with E-state index in [9.17, 15) is 9.59 Å². The van der Waals surface area contributed by atoms with Crippen molar-refractivity contribution in [2.75, 3.05) is 0 Å². The van der Waals surface area contributed by atoms with E-state index < -0.39 is 17.7 Å². The number of amides is 2. The molecule has 138 valence electrons. The number of nitrogens with zero attached hydrogens (tertiary/aromatic N) is 1. The summed E-state index contributed by atoms with van der Waals surface area (Å²) in [5.41, 5.74) is 1.84. The van der Waals surface area contributed by atoms with E-state index in [2.05, 4.69) is 10.6 Å². The summed E-state index contributed by atoms with van der Waals surface area (Å²) in [7, 11) is 0. The molecular formula is C19H16ClN3O2S2. The van der Waals surface area contributed by atoms with Crippen molar-refractivity contribution in [2.24, 2.45) is 5.92 Å². The number of hydrogen-bond donors (Lipinski definition) is 2. The van der Waals surface area contributed by atoms with E-state index in [1.165, 1.54) is 4.90 Å². The van der Waals surface area contributed by atoms with E-state index in [0.29, 0.717) is 11.6 Å². The van der Waals surface area contributed by atoms with Gasteiger partial charge in [0.05, 0.1) is 11.5 Å². The Bertz CT molecular complexity index is 888. The van der Waals surface area contributed by atoms with Gasteiger partial charge in [0.25, 0.3) is 0 Å². The minimum absolute atomic E-state index is 0.0885. The van der Waals surface area contributed by atoms with Gasteiger partial charge in [0, 0.05) is 11.6 Å². The fourth-order valence-corrected chi connectivity index (χ4v) is 3.31. The van der Waals surface area contributed by atoms with E-state index in [1.54, 1.807) is 12.1 Å². The highest BCUT2D eigenvalue weighted by Gasteiger charge is 2.41. The third kappa shape index (κ3) is 4.68. The van der Waals surface area contributed by atoms with Gasteiger partial charge < -0.3 is 10.6 Å². The standard InChI is InChI=1S/C19H16ClN3O2S2/c20-14-8-6-12(7-9-14)10-21-17(26)15-16(24)22-19(27)23(18(15)25)11-13-4-2-1-3-5-13/h1-9,15H,10-11H2,(H,21,26)(H,22,24,27). The molecule has 1 saturated heterocycles. The van der Waals surface area contributed by atoms with Crippen LogP contribution in [0, 0.1) is 5.92 Å². The summed E-state index contributed by atoms with van der Waals surface area (Å²) in [6, 6.07) is 16.6. The Balaban J connectivity index is 1.70. The van der Waals surface area contributed by atoms with Crippen LogP contribution >= 0.6 is 36.0 Å². The van der Waals surface area contributed by atoms with E-state index in [-0.39, 0.29) is 16.6 Å². The summed E-state index contributed by atoms with van der Waals surface area (Å²) < 4.78 is 0. The fourth-order valence-electron chi connectivity index (χ4n) is 2.65. The van der Waals surface area contributed by atoms with E-state index in [4.69, 9.17) is 36.0 Å². The van der Waals surface area contributed by atoms with Crippen molar-refractivity contribution < 1.29 is 9.59 Å². The third-order valence-corrected chi connectivity index (χ3v) is 5.03. The van der Waals surface area contributed by atoms with Crippen LogP contribution in [0.3, 0.4) is 0 Å². The molecule has 1 aliphatic heterocycles. The molecule has 1 fully saturated rings. The van der Waals surface area contributed by atoms with Crippen LogP contribution in [-0.2, 0) is 22.7 Å². The highest BCUT2D eigenvalue weighted by molar-refractivity contribution is 7.80. The summed E-state index contributed by atoms with van der Waals surface area (Å²) in [6.07, 6.45) is 0. The molecule has 5 nitrogen and oxygen atoms in total. The third-order valence-electron chi connectivity index (χ3n) is 4.08. The summed E-state index contributed by atoms with van der Waals surface area (Å²) in [4.78, 5) is 26.7. The molecular weight excluding hydrogens is 402 g/mol. The van der Waals surface area contributed by atoms with Crippen molar-refractivity contribution >= 4 is 58.0 Å². The number of halogens is 1. The molecule has 1 atom stereocenters. The van der Waals surface area contributed by atoms with Crippen LogP contribution in [0.1, 0.15) is 11.1 Å². The van der Waals surface area contributed by atoms with Gasteiger partial charge in [-0.2, -0.15) is 0 Å². The maximum Gasteiger partial charge on any atom is 0.248 e. The van der Waals surface area contributed by atoms with Gasteiger partial charge in [-0.15, -0.1) is 0 Å². The second-order valence-electron chi connectivity index (χ2n) is 5.98. The Kier molecular flexibility index (Phi) is 6.15. The molecule has 1 aliphatic rings. The number of thiocarbonyl (C=S) groups is 2. The molecule has 1 unspecified atom stereocenters. The quantitative estimate of drug-likeness (QED) is 0.578. The lowest BCUT2D eigenvalue weighted by molar-refractivity contribution is -0.138. The Morgan fingerprint density at radius 1 is 1.07 bits per heavy atom. The van der Waals surface area contributed by atoms with Gasteiger partial charge in [0.15, 0.2) is 11.0 Å². The number of benzene rings is 2. The normalized spacial score (nSPS) is 16.9. The van der Waals surface area contributed by atoms with E-state index >= 15 is 0 Å².